The Morgan fingerprint density at radius 2 is 2.47 bits per heavy atom. The number of aliphatic carboxylic acids is 1. The third kappa shape index (κ3) is 3.58. The van der Waals surface area contributed by atoms with Crippen molar-refractivity contribution in [3.8, 4) is 10.7 Å². The largest absolute Gasteiger partial charge is 0.481 e. The van der Waals surface area contributed by atoms with Gasteiger partial charge in [-0.1, -0.05) is 6.07 Å². The third-order valence-electron chi connectivity index (χ3n) is 2.45. The first kappa shape index (κ1) is 13.6. The lowest BCUT2D eigenvalue weighted by Gasteiger charge is -2.15. The van der Waals surface area contributed by atoms with Crippen LogP contribution in [0.2, 0.25) is 0 Å². The van der Waals surface area contributed by atoms with Gasteiger partial charge in [0, 0.05) is 6.61 Å². The zero-order chi connectivity index (χ0) is 13.7. The first-order valence-electron chi connectivity index (χ1n) is 5.84. The summed E-state index contributed by atoms with van der Waals surface area (Å²) in [5.74, 6) is -0.269. The minimum absolute atomic E-state index is 0.0718. The number of rotatable bonds is 7. The van der Waals surface area contributed by atoms with E-state index in [2.05, 4.69) is 15.5 Å². The van der Waals surface area contributed by atoms with Crippen LogP contribution in [0, 0.1) is 0 Å². The summed E-state index contributed by atoms with van der Waals surface area (Å²) in [6.07, 6.45) is -0.512. The molecule has 2 aromatic heterocycles. The molecular formula is C11H14N4O3S. The van der Waals surface area contributed by atoms with Gasteiger partial charge in [0.05, 0.1) is 23.9 Å². The molecule has 0 bridgehead atoms. The molecule has 2 heterocycles. The van der Waals surface area contributed by atoms with E-state index in [-0.39, 0.29) is 6.42 Å². The normalized spacial score (nSPS) is 12.5. The van der Waals surface area contributed by atoms with E-state index in [0.717, 1.165) is 4.88 Å². The molecule has 0 saturated heterocycles. The summed E-state index contributed by atoms with van der Waals surface area (Å²) < 4.78 is 6.98. The van der Waals surface area contributed by atoms with Crippen molar-refractivity contribution in [2.45, 2.75) is 26.0 Å². The average molecular weight is 282 g/mol. The van der Waals surface area contributed by atoms with Gasteiger partial charge in [-0.05, 0) is 28.8 Å². The quantitative estimate of drug-likeness (QED) is 0.822. The molecule has 0 amide bonds. The van der Waals surface area contributed by atoms with E-state index in [0.29, 0.717) is 19.0 Å². The van der Waals surface area contributed by atoms with Gasteiger partial charge in [0.25, 0.3) is 0 Å². The lowest BCUT2D eigenvalue weighted by molar-refractivity contribution is -0.140. The highest BCUT2D eigenvalue weighted by molar-refractivity contribution is 7.13. The summed E-state index contributed by atoms with van der Waals surface area (Å²) in [5.41, 5.74) is 0. The Labute approximate surface area is 113 Å². The molecule has 7 nitrogen and oxygen atoms in total. The van der Waals surface area contributed by atoms with Crippen molar-refractivity contribution in [2.24, 2.45) is 0 Å². The van der Waals surface area contributed by atoms with Crippen LogP contribution < -0.4 is 0 Å². The SMILES string of the molecule is CCOC(CC(=O)O)Cn1nnnc1-c1cccs1. The van der Waals surface area contributed by atoms with Crippen LogP contribution in [0.15, 0.2) is 17.5 Å². The zero-order valence-corrected chi connectivity index (χ0v) is 11.2. The van der Waals surface area contributed by atoms with Crippen LogP contribution in [-0.4, -0.2) is 44.0 Å². The minimum atomic E-state index is -0.899. The molecule has 1 N–H and O–H groups in total. The van der Waals surface area contributed by atoms with Gasteiger partial charge in [-0.2, -0.15) is 0 Å². The van der Waals surface area contributed by atoms with Gasteiger partial charge >= 0.3 is 5.97 Å². The highest BCUT2D eigenvalue weighted by Crippen LogP contribution is 2.21. The van der Waals surface area contributed by atoms with Crippen molar-refractivity contribution >= 4 is 17.3 Å². The summed E-state index contributed by atoms with van der Waals surface area (Å²) in [4.78, 5) is 11.7. The Morgan fingerprint density at radius 1 is 1.63 bits per heavy atom. The molecule has 0 saturated carbocycles. The summed E-state index contributed by atoms with van der Waals surface area (Å²) in [6.45, 7) is 2.60. The number of aromatic nitrogens is 4. The second-order valence-electron chi connectivity index (χ2n) is 3.84. The molecule has 19 heavy (non-hydrogen) atoms. The van der Waals surface area contributed by atoms with E-state index < -0.39 is 12.1 Å². The third-order valence-corrected chi connectivity index (χ3v) is 3.32. The van der Waals surface area contributed by atoms with E-state index in [1.807, 2.05) is 24.4 Å². The summed E-state index contributed by atoms with van der Waals surface area (Å²) in [7, 11) is 0. The van der Waals surface area contributed by atoms with Crippen LogP contribution in [0.5, 0.6) is 0 Å². The van der Waals surface area contributed by atoms with E-state index in [9.17, 15) is 4.79 Å². The van der Waals surface area contributed by atoms with Gasteiger partial charge in [-0.3, -0.25) is 4.79 Å². The highest BCUT2D eigenvalue weighted by atomic mass is 32.1. The smallest absolute Gasteiger partial charge is 0.306 e. The van der Waals surface area contributed by atoms with E-state index in [1.165, 1.54) is 11.3 Å². The molecule has 102 valence electrons. The van der Waals surface area contributed by atoms with Crippen molar-refractivity contribution < 1.29 is 14.6 Å². The van der Waals surface area contributed by atoms with Crippen LogP contribution >= 0.6 is 11.3 Å². The predicted octanol–water partition coefficient (Wildman–Crippen LogP) is 1.28. The molecule has 1 atom stereocenters. The summed E-state index contributed by atoms with van der Waals surface area (Å²) >= 11 is 1.53. The van der Waals surface area contributed by atoms with E-state index in [4.69, 9.17) is 9.84 Å². The maximum atomic E-state index is 10.8. The fraction of sp³-hybridized carbons (Fsp3) is 0.455. The molecule has 0 aliphatic carbocycles. The Hall–Kier alpha value is -1.80. The first-order chi connectivity index (χ1) is 9.20. The number of carboxylic acid groups (broad SMARTS) is 1. The highest BCUT2D eigenvalue weighted by Gasteiger charge is 2.18. The molecule has 1 unspecified atom stereocenters. The van der Waals surface area contributed by atoms with Crippen LogP contribution in [-0.2, 0) is 16.1 Å². The molecule has 8 heteroatoms. The Kier molecular flexibility index (Phi) is 4.58. The predicted molar refractivity (Wildman–Crippen MR) is 68.8 cm³/mol. The molecule has 0 aliphatic heterocycles. The second-order valence-corrected chi connectivity index (χ2v) is 4.78. The Balaban J connectivity index is 2.13. The van der Waals surface area contributed by atoms with Crippen molar-refractivity contribution in [2.75, 3.05) is 6.61 Å². The lowest BCUT2D eigenvalue weighted by atomic mass is 10.2. The molecule has 0 radical (unpaired) electrons. The number of thiophene rings is 1. The van der Waals surface area contributed by atoms with Crippen molar-refractivity contribution in [1.29, 1.82) is 0 Å². The van der Waals surface area contributed by atoms with Gasteiger partial charge in [0.15, 0.2) is 5.82 Å². The van der Waals surface area contributed by atoms with E-state index in [1.54, 1.807) is 4.68 Å². The Morgan fingerprint density at radius 3 is 3.11 bits per heavy atom. The first-order valence-corrected chi connectivity index (χ1v) is 6.72. The average Bonchev–Trinajstić information content (AvgIpc) is 2.97. The van der Waals surface area contributed by atoms with E-state index >= 15 is 0 Å². The van der Waals surface area contributed by atoms with Gasteiger partial charge in [0.1, 0.15) is 0 Å². The summed E-state index contributed by atoms with van der Waals surface area (Å²) in [6, 6.07) is 3.83. The van der Waals surface area contributed by atoms with Crippen LogP contribution in [0.1, 0.15) is 13.3 Å². The molecular weight excluding hydrogens is 268 g/mol. The van der Waals surface area contributed by atoms with Gasteiger partial charge in [0.2, 0.25) is 0 Å². The molecule has 2 aromatic rings. The number of hydrogen-bond acceptors (Lipinski definition) is 6. The number of hydrogen-bond donors (Lipinski definition) is 1. The van der Waals surface area contributed by atoms with Gasteiger partial charge in [-0.15, -0.1) is 16.4 Å². The fourth-order valence-electron chi connectivity index (χ4n) is 1.71. The number of carbonyl (C=O) groups is 1. The van der Waals surface area contributed by atoms with Crippen LogP contribution in [0.3, 0.4) is 0 Å². The number of ether oxygens (including phenoxy) is 1. The monoisotopic (exact) mass is 282 g/mol. The molecule has 0 fully saturated rings. The number of nitrogens with zero attached hydrogens (tertiary/aromatic N) is 4. The topological polar surface area (TPSA) is 90.1 Å². The molecule has 0 aliphatic rings. The van der Waals surface area contributed by atoms with Crippen LogP contribution in [0.25, 0.3) is 10.7 Å². The molecule has 0 aromatic carbocycles. The number of tetrazole rings is 1. The maximum Gasteiger partial charge on any atom is 0.306 e. The Bertz CT molecular complexity index is 526. The van der Waals surface area contributed by atoms with Crippen LogP contribution in [0.4, 0.5) is 0 Å². The van der Waals surface area contributed by atoms with Crippen molar-refractivity contribution in [1.82, 2.24) is 20.2 Å². The second kappa shape index (κ2) is 6.39. The van der Waals surface area contributed by atoms with Gasteiger partial charge < -0.3 is 9.84 Å². The maximum absolute atomic E-state index is 10.8. The molecule has 2 rings (SSSR count). The van der Waals surface area contributed by atoms with Gasteiger partial charge in [-0.25, -0.2) is 4.68 Å². The fourth-order valence-corrected chi connectivity index (χ4v) is 2.42. The lowest BCUT2D eigenvalue weighted by Crippen LogP contribution is -2.24. The van der Waals surface area contributed by atoms with Crippen molar-refractivity contribution in [3.05, 3.63) is 17.5 Å². The molecule has 0 spiro atoms. The van der Waals surface area contributed by atoms with Crippen molar-refractivity contribution in [3.63, 3.8) is 0 Å². The number of carboxylic acids is 1. The standard InChI is InChI=1S/C11H14N4O3S/c1-2-18-8(6-10(16)17)7-15-11(12-13-14-15)9-4-3-5-19-9/h3-5,8H,2,6-7H2,1H3,(H,16,17). The summed E-state index contributed by atoms with van der Waals surface area (Å²) in [5, 5.41) is 22.3. The zero-order valence-electron chi connectivity index (χ0n) is 10.4. The minimum Gasteiger partial charge on any atom is -0.481 e.